The lowest BCUT2D eigenvalue weighted by atomic mass is 10.1. The summed E-state index contributed by atoms with van der Waals surface area (Å²) in [5.41, 5.74) is 1.82. The molecule has 1 amide bonds. The summed E-state index contributed by atoms with van der Waals surface area (Å²) in [5.74, 6) is 1.25. The molecule has 1 heterocycles. The fraction of sp³-hybridized carbons (Fsp3) is 0.158. The van der Waals surface area contributed by atoms with E-state index < -0.39 is 0 Å². The van der Waals surface area contributed by atoms with Gasteiger partial charge in [-0.15, -0.1) is 0 Å². The molecule has 2 aromatic carbocycles. The summed E-state index contributed by atoms with van der Waals surface area (Å²) in [6.07, 6.45) is 1.91. The van der Waals surface area contributed by atoms with Crippen LogP contribution in [-0.4, -0.2) is 22.8 Å². The molecule has 0 saturated carbocycles. The Morgan fingerprint density at radius 2 is 2.04 bits per heavy atom. The van der Waals surface area contributed by atoms with Crippen LogP contribution in [0, 0.1) is 0 Å². The number of carbonyl (C=O) groups excluding carboxylic acids is 1. The summed E-state index contributed by atoms with van der Waals surface area (Å²) >= 11 is 6.19. The third-order valence-electron chi connectivity index (χ3n) is 3.76. The summed E-state index contributed by atoms with van der Waals surface area (Å²) in [4.78, 5) is 12.3. The Morgan fingerprint density at radius 1 is 1.20 bits per heavy atom. The average Bonchev–Trinajstić information content (AvgIpc) is 3.03. The molecule has 0 atom stereocenters. The van der Waals surface area contributed by atoms with E-state index in [-0.39, 0.29) is 12.3 Å². The summed E-state index contributed by atoms with van der Waals surface area (Å²) in [6, 6.07) is 16.8. The van der Waals surface area contributed by atoms with Crippen LogP contribution in [0.1, 0.15) is 11.1 Å². The van der Waals surface area contributed by atoms with Crippen LogP contribution < -0.4 is 10.1 Å². The maximum Gasteiger partial charge on any atom is 0.229 e. The predicted molar refractivity (Wildman–Crippen MR) is 98.1 cm³/mol. The standard InChI is InChI=1S/C19H18ClN3O2/c1-25-16-7-4-5-14(11-16)12-19(24)22-18-9-10-21-23(18)13-15-6-2-3-8-17(15)20/h2-11H,12-13H2,1H3,(H,22,24). The number of hydrogen-bond donors (Lipinski definition) is 1. The van der Waals surface area contributed by atoms with Gasteiger partial charge in [-0.2, -0.15) is 5.10 Å². The second-order valence-electron chi connectivity index (χ2n) is 5.54. The Balaban J connectivity index is 1.68. The Hall–Kier alpha value is -2.79. The highest BCUT2D eigenvalue weighted by atomic mass is 35.5. The first-order valence-electron chi connectivity index (χ1n) is 7.83. The second kappa shape index (κ2) is 7.85. The number of hydrogen-bond acceptors (Lipinski definition) is 3. The van der Waals surface area contributed by atoms with Crippen molar-refractivity contribution in [1.29, 1.82) is 0 Å². The fourth-order valence-electron chi connectivity index (χ4n) is 2.51. The molecule has 3 aromatic rings. The van der Waals surface area contributed by atoms with Crippen LogP contribution in [0.4, 0.5) is 5.82 Å². The number of nitrogens with zero attached hydrogens (tertiary/aromatic N) is 2. The second-order valence-corrected chi connectivity index (χ2v) is 5.95. The van der Waals surface area contributed by atoms with Crippen LogP contribution in [0.15, 0.2) is 60.8 Å². The van der Waals surface area contributed by atoms with Crippen LogP contribution in [0.3, 0.4) is 0 Å². The molecule has 0 spiro atoms. The van der Waals surface area contributed by atoms with Gasteiger partial charge in [-0.1, -0.05) is 41.9 Å². The van der Waals surface area contributed by atoms with Crippen molar-refractivity contribution in [1.82, 2.24) is 9.78 Å². The Kier molecular flexibility index (Phi) is 5.36. The number of carbonyl (C=O) groups is 1. The molecule has 128 valence electrons. The van der Waals surface area contributed by atoms with E-state index >= 15 is 0 Å². The molecule has 0 fully saturated rings. The van der Waals surface area contributed by atoms with Crippen LogP contribution >= 0.6 is 11.6 Å². The summed E-state index contributed by atoms with van der Waals surface area (Å²) in [7, 11) is 1.60. The molecule has 0 aliphatic rings. The van der Waals surface area contributed by atoms with Crippen molar-refractivity contribution in [3.05, 3.63) is 76.9 Å². The zero-order valence-corrected chi connectivity index (χ0v) is 14.5. The van der Waals surface area contributed by atoms with E-state index in [4.69, 9.17) is 16.3 Å². The van der Waals surface area contributed by atoms with Gasteiger partial charge >= 0.3 is 0 Å². The van der Waals surface area contributed by atoms with Crippen molar-refractivity contribution in [2.24, 2.45) is 0 Å². The molecule has 25 heavy (non-hydrogen) atoms. The van der Waals surface area contributed by atoms with Crippen molar-refractivity contribution >= 4 is 23.3 Å². The lowest BCUT2D eigenvalue weighted by Gasteiger charge is -2.10. The quantitative estimate of drug-likeness (QED) is 0.732. The van der Waals surface area contributed by atoms with Crippen molar-refractivity contribution in [2.75, 3.05) is 12.4 Å². The molecule has 0 saturated heterocycles. The largest absolute Gasteiger partial charge is 0.497 e. The molecule has 1 N–H and O–H groups in total. The Labute approximate surface area is 151 Å². The molecule has 0 unspecified atom stereocenters. The van der Waals surface area contributed by atoms with Gasteiger partial charge in [0.15, 0.2) is 0 Å². The zero-order chi connectivity index (χ0) is 17.6. The Morgan fingerprint density at radius 3 is 2.84 bits per heavy atom. The molecule has 5 nitrogen and oxygen atoms in total. The number of rotatable bonds is 6. The number of amides is 1. The molecule has 0 radical (unpaired) electrons. The average molecular weight is 356 g/mol. The topological polar surface area (TPSA) is 56.1 Å². The molecule has 6 heteroatoms. The van der Waals surface area contributed by atoms with Crippen LogP contribution in [0.25, 0.3) is 0 Å². The normalized spacial score (nSPS) is 10.5. The number of ether oxygens (including phenoxy) is 1. The minimum Gasteiger partial charge on any atom is -0.497 e. The third kappa shape index (κ3) is 4.39. The number of nitrogens with one attached hydrogen (secondary N) is 1. The third-order valence-corrected chi connectivity index (χ3v) is 4.13. The van der Waals surface area contributed by atoms with Gasteiger partial charge in [0.1, 0.15) is 11.6 Å². The highest BCUT2D eigenvalue weighted by molar-refractivity contribution is 6.31. The molecule has 3 rings (SSSR count). The van der Waals surface area contributed by atoms with Gasteiger partial charge in [0.25, 0.3) is 0 Å². The summed E-state index contributed by atoms with van der Waals surface area (Å²) in [5, 5.41) is 7.83. The number of anilines is 1. The number of aromatic nitrogens is 2. The molecule has 1 aromatic heterocycles. The fourth-order valence-corrected chi connectivity index (χ4v) is 2.70. The first-order valence-corrected chi connectivity index (χ1v) is 8.21. The monoisotopic (exact) mass is 355 g/mol. The van der Waals surface area contributed by atoms with Crippen molar-refractivity contribution in [2.45, 2.75) is 13.0 Å². The van der Waals surface area contributed by atoms with Gasteiger partial charge in [0.2, 0.25) is 5.91 Å². The van der Waals surface area contributed by atoms with E-state index in [0.29, 0.717) is 17.4 Å². The molecular formula is C19H18ClN3O2. The maximum absolute atomic E-state index is 12.3. The van der Waals surface area contributed by atoms with Gasteiger partial charge < -0.3 is 10.1 Å². The number of methoxy groups -OCH3 is 1. The van der Waals surface area contributed by atoms with Gasteiger partial charge in [-0.3, -0.25) is 4.79 Å². The van der Waals surface area contributed by atoms with Gasteiger partial charge in [-0.25, -0.2) is 4.68 Å². The number of benzene rings is 2. The summed E-state index contributed by atoms with van der Waals surface area (Å²) in [6.45, 7) is 0.488. The van der Waals surface area contributed by atoms with Crippen LogP contribution in [-0.2, 0) is 17.8 Å². The van der Waals surface area contributed by atoms with E-state index in [1.807, 2.05) is 48.5 Å². The Bertz CT molecular complexity index is 876. The lowest BCUT2D eigenvalue weighted by Crippen LogP contribution is -2.18. The van der Waals surface area contributed by atoms with E-state index in [1.54, 1.807) is 24.1 Å². The van der Waals surface area contributed by atoms with E-state index in [0.717, 1.165) is 16.9 Å². The van der Waals surface area contributed by atoms with Gasteiger partial charge in [-0.05, 0) is 29.3 Å². The van der Waals surface area contributed by atoms with E-state index in [9.17, 15) is 4.79 Å². The van der Waals surface area contributed by atoms with Crippen molar-refractivity contribution in [3.63, 3.8) is 0 Å². The van der Waals surface area contributed by atoms with E-state index in [2.05, 4.69) is 10.4 Å². The lowest BCUT2D eigenvalue weighted by molar-refractivity contribution is -0.115. The smallest absolute Gasteiger partial charge is 0.229 e. The molecule has 0 bridgehead atoms. The predicted octanol–water partition coefficient (Wildman–Crippen LogP) is 3.77. The van der Waals surface area contributed by atoms with Crippen LogP contribution in [0.5, 0.6) is 5.75 Å². The van der Waals surface area contributed by atoms with Crippen molar-refractivity contribution < 1.29 is 9.53 Å². The molecule has 0 aliphatic heterocycles. The first kappa shape index (κ1) is 17.0. The summed E-state index contributed by atoms with van der Waals surface area (Å²) < 4.78 is 6.89. The van der Waals surface area contributed by atoms with E-state index in [1.165, 1.54) is 0 Å². The molecule has 0 aliphatic carbocycles. The van der Waals surface area contributed by atoms with Gasteiger partial charge in [0, 0.05) is 11.1 Å². The zero-order valence-electron chi connectivity index (χ0n) is 13.8. The SMILES string of the molecule is COc1cccc(CC(=O)Nc2ccnn2Cc2ccccc2Cl)c1. The first-order chi connectivity index (χ1) is 12.2. The highest BCUT2D eigenvalue weighted by Gasteiger charge is 2.10. The van der Waals surface area contributed by atoms with Crippen LogP contribution in [0.2, 0.25) is 5.02 Å². The van der Waals surface area contributed by atoms with Gasteiger partial charge in [0.05, 0.1) is 26.3 Å². The number of halogens is 1. The molecular weight excluding hydrogens is 338 g/mol. The maximum atomic E-state index is 12.3. The minimum absolute atomic E-state index is 0.117. The van der Waals surface area contributed by atoms with Crippen molar-refractivity contribution in [3.8, 4) is 5.75 Å². The minimum atomic E-state index is -0.117. The highest BCUT2D eigenvalue weighted by Crippen LogP contribution is 2.18.